The van der Waals surface area contributed by atoms with Crippen LogP contribution in [0.5, 0.6) is 0 Å². The van der Waals surface area contributed by atoms with Crippen molar-refractivity contribution < 1.29 is 9.72 Å². The summed E-state index contributed by atoms with van der Waals surface area (Å²) in [4.78, 5) is 22.2. The Kier molecular flexibility index (Phi) is 5.74. The number of nitro groups is 1. The smallest absolute Gasteiger partial charge is 0.269 e. The summed E-state index contributed by atoms with van der Waals surface area (Å²) in [7, 11) is 0. The van der Waals surface area contributed by atoms with E-state index in [-0.39, 0.29) is 17.5 Å². The van der Waals surface area contributed by atoms with Gasteiger partial charge in [-0.25, -0.2) is 0 Å². The third kappa shape index (κ3) is 4.09. The summed E-state index contributed by atoms with van der Waals surface area (Å²) >= 11 is 0. The summed E-state index contributed by atoms with van der Waals surface area (Å²) in [5.74, 6) is -0.106. The number of primary amides is 1. The molecule has 1 aliphatic rings. The highest BCUT2D eigenvalue weighted by atomic mass is 16.6. The van der Waals surface area contributed by atoms with E-state index in [0.29, 0.717) is 0 Å². The van der Waals surface area contributed by atoms with Gasteiger partial charge in [0.25, 0.3) is 5.69 Å². The van der Waals surface area contributed by atoms with Crippen LogP contribution in [0.4, 0.5) is 5.69 Å². The Morgan fingerprint density at radius 3 is 2.39 bits per heavy atom. The zero-order valence-electron chi connectivity index (χ0n) is 13.8. The second-order valence-electron chi connectivity index (χ2n) is 6.64. The van der Waals surface area contributed by atoms with Crippen LogP contribution in [0.2, 0.25) is 0 Å². The first kappa shape index (κ1) is 17.4. The Labute approximate surface area is 137 Å². The molecule has 23 heavy (non-hydrogen) atoms. The lowest BCUT2D eigenvalue weighted by Gasteiger charge is -2.13. The van der Waals surface area contributed by atoms with Gasteiger partial charge in [0, 0.05) is 12.1 Å². The predicted octanol–water partition coefficient (Wildman–Crippen LogP) is 4.30. The summed E-state index contributed by atoms with van der Waals surface area (Å²) in [6.45, 7) is 2.20. The van der Waals surface area contributed by atoms with E-state index in [1.807, 2.05) is 0 Å². The minimum Gasteiger partial charge on any atom is -0.369 e. The van der Waals surface area contributed by atoms with Gasteiger partial charge in [0.15, 0.2) is 0 Å². The number of carbonyl (C=O) groups excluding carboxylic acids is 1. The van der Waals surface area contributed by atoms with Gasteiger partial charge in [-0.3, -0.25) is 14.9 Å². The van der Waals surface area contributed by atoms with E-state index in [2.05, 4.69) is 6.92 Å². The molecule has 0 aromatic heterocycles. The van der Waals surface area contributed by atoms with Crippen molar-refractivity contribution in [3.05, 3.63) is 39.9 Å². The van der Waals surface area contributed by atoms with Gasteiger partial charge in [0.1, 0.15) is 0 Å². The SMILES string of the molecule is CCCCCCCCC1(C(N)=O)CC1c1ccc([N+](=O)[O-])cc1. The van der Waals surface area contributed by atoms with Gasteiger partial charge in [-0.15, -0.1) is 0 Å². The summed E-state index contributed by atoms with van der Waals surface area (Å²) in [6, 6.07) is 6.53. The topological polar surface area (TPSA) is 86.2 Å². The Balaban J connectivity index is 1.91. The molecule has 0 heterocycles. The minimum atomic E-state index is -0.430. The molecule has 2 N–H and O–H groups in total. The number of hydrogen-bond acceptors (Lipinski definition) is 3. The molecule has 1 fully saturated rings. The van der Waals surface area contributed by atoms with Crippen LogP contribution in [-0.4, -0.2) is 10.8 Å². The van der Waals surface area contributed by atoms with Gasteiger partial charge in [0.2, 0.25) is 5.91 Å². The number of hydrogen-bond donors (Lipinski definition) is 1. The Morgan fingerprint density at radius 1 is 1.22 bits per heavy atom. The standard InChI is InChI=1S/C18H26N2O3/c1-2-3-4-5-6-7-12-18(17(19)21)13-16(18)14-8-10-15(11-9-14)20(22)23/h8-11,16H,2-7,12-13H2,1H3,(H2,19,21). The minimum absolute atomic E-state index is 0.0787. The van der Waals surface area contributed by atoms with Crippen LogP contribution in [0.3, 0.4) is 0 Å². The van der Waals surface area contributed by atoms with Crippen LogP contribution >= 0.6 is 0 Å². The van der Waals surface area contributed by atoms with Crippen molar-refractivity contribution in [2.45, 2.75) is 64.2 Å². The molecule has 5 nitrogen and oxygen atoms in total. The number of non-ortho nitro benzene ring substituents is 1. The molecule has 0 spiro atoms. The first-order valence-electron chi connectivity index (χ1n) is 8.55. The number of carbonyl (C=O) groups is 1. The fourth-order valence-corrected chi connectivity index (χ4v) is 3.46. The molecule has 1 amide bonds. The zero-order chi connectivity index (χ0) is 16.9. The summed E-state index contributed by atoms with van der Waals surface area (Å²) in [5.41, 5.74) is 6.29. The first-order valence-corrected chi connectivity index (χ1v) is 8.55. The fraction of sp³-hybridized carbons (Fsp3) is 0.611. The van der Waals surface area contributed by atoms with Crippen molar-refractivity contribution >= 4 is 11.6 Å². The number of unbranched alkanes of at least 4 members (excludes halogenated alkanes) is 5. The van der Waals surface area contributed by atoms with Crippen LogP contribution in [-0.2, 0) is 4.79 Å². The normalized spacial score (nSPS) is 22.7. The lowest BCUT2D eigenvalue weighted by molar-refractivity contribution is -0.384. The Hall–Kier alpha value is -1.91. The molecule has 2 atom stereocenters. The molecule has 0 bridgehead atoms. The van der Waals surface area contributed by atoms with Crippen molar-refractivity contribution in [3.63, 3.8) is 0 Å². The third-order valence-electron chi connectivity index (χ3n) is 5.05. The summed E-state index contributed by atoms with van der Waals surface area (Å²) < 4.78 is 0. The molecule has 1 saturated carbocycles. The van der Waals surface area contributed by atoms with Gasteiger partial charge in [0.05, 0.1) is 10.3 Å². The van der Waals surface area contributed by atoms with Crippen LogP contribution in [0.1, 0.15) is 69.8 Å². The van der Waals surface area contributed by atoms with E-state index in [0.717, 1.165) is 31.2 Å². The molecular weight excluding hydrogens is 292 g/mol. The monoisotopic (exact) mass is 318 g/mol. The average Bonchev–Trinajstić information content (AvgIpc) is 3.27. The van der Waals surface area contributed by atoms with Crippen molar-refractivity contribution in [1.29, 1.82) is 0 Å². The van der Waals surface area contributed by atoms with Gasteiger partial charge >= 0.3 is 0 Å². The average molecular weight is 318 g/mol. The molecule has 1 aliphatic carbocycles. The number of nitro benzene ring substituents is 1. The molecule has 0 saturated heterocycles. The van der Waals surface area contributed by atoms with Gasteiger partial charge in [-0.05, 0) is 24.3 Å². The summed E-state index contributed by atoms with van der Waals surface area (Å²) in [5, 5.41) is 10.7. The molecule has 2 rings (SSSR count). The van der Waals surface area contributed by atoms with Crippen molar-refractivity contribution in [2.24, 2.45) is 11.1 Å². The molecule has 0 aliphatic heterocycles. The van der Waals surface area contributed by atoms with Crippen LogP contribution in [0.15, 0.2) is 24.3 Å². The Morgan fingerprint density at radius 2 is 1.83 bits per heavy atom. The highest BCUT2D eigenvalue weighted by Gasteiger charge is 2.58. The van der Waals surface area contributed by atoms with E-state index in [1.54, 1.807) is 12.1 Å². The maximum Gasteiger partial charge on any atom is 0.269 e. The highest BCUT2D eigenvalue weighted by Crippen LogP contribution is 2.62. The second-order valence-corrected chi connectivity index (χ2v) is 6.64. The van der Waals surface area contributed by atoms with Crippen LogP contribution < -0.4 is 5.73 Å². The van der Waals surface area contributed by atoms with Crippen molar-refractivity contribution in [3.8, 4) is 0 Å². The van der Waals surface area contributed by atoms with E-state index in [4.69, 9.17) is 5.73 Å². The van der Waals surface area contributed by atoms with Crippen molar-refractivity contribution in [2.75, 3.05) is 0 Å². The number of nitrogens with two attached hydrogens (primary N) is 1. The van der Waals surface area contributed by atoms with E-state index in [9.17, 15) is 14.9 Å². The van der Waals surface area contributed by atoms with Crippen LogP contribution in [0, 0.1) is 15.5 Å². The molecule has 0 radical (unpaired) electrons. The molecular formula is C18H26N2O3. The molecule has 5 heteroatoms. The van der Waals surface area contributed by atoms with Gasteiger partial charge in [-0.1, -0.05) is 57.6 Å². The number of nitrogens with zero attached hydrogens (tertiary/aromatic N) is 1. The van der Waals surface area contributed by atoms with Crippen LogP contribution in [0.25, 0.3) is 0 Å². The van der Waals surface area contributed by atoms with E-state index >= 15 is 0 Å². The Bertz CT molecular complexity index is 556. The van der Waals surface area contributed by atoms with E-state index < -0.39 is 10.3 Å². The largest absolute Gasteiger partial charge is 0.369 e. The number of rotatable bonds is 10. The predicted molar refractivity (Wildman–Crippen MR) is 90.1 cm³/mol. The maximum atomic E-state index is 11.9. The fourth-order valence-electron chi connectivity index (χ4n) is 3.46. The van der Waals surface area contributed by atoms with Crippen molar-refractivity contribution in [1.82, 2.24) is 0 Å². The van der Waals surface area contributed by atoms with Gasteiger partial charge in [-0.2, -0.15) is 0 Å². The van der Waals surface area contributed by atoms with Gasteiger partial charge < -0.3 is 5.73 Å². The second kappa shape index (κ2) is 7.57. The zero-order valence-corrected chi connectivity index (χ0v) is 13.8. The molecule has 1 aromatic carbocycles. The third-order valence-corrected chi connectivity index (χ3v) is 5.05. The number of benzene rings is 1. The lowest BCUT2D eigenvalue weighted by atomic mass is 9.91. The number of amides is 1. The highest BCUT2D eigenvalue weighted by molar-refractivity contribution is 5.85. The van der Waals surface area contributed by atoms with E-state index in [1.165, 1.54) is 37.8 Å². The maximum absolute atomic E-state index is 11.9. The summed E-state index contributed by atoms with van der Waals surface area (Å²) in [6.07, 6.45) is 8.74. The molecule has 1 aromatic rings. The lowest BCUT2D eigenvalue weighted by Crippen LogP contribution is -2.26. The molecule has 2 unspecified atom stereocenters. The first-order chi connectivity index (χ1) is 11.0. The quantitative estimate of drug-likeness (QED) is 0.396. The molecule has 126 valence electrons.